The molecule has 0 aliphatic rings. The highest BCUT2D eigenvalue weighted by Gasteiger charge is 2.17. The number of rotatable bonds is 4. The quantitative estimate of drug-likeness (QED) is 0.935. The van der Waals surface area contributed by atoms with Gasteiger partial charge in [0.05, 0.1) is 22.0 Å². The van der Waals surface area contributed by atoms with Gasteiger partial charge in [-0.15, -0.1) is 0 Å². The van der Waals surface area contributed by atoms with Gasteiger partial charge in [0.2, 0.25) is 0 Å². The van der Waals surface area contributed by atoms with E-state index in [-0.39, 0.29) is 5.82 Å². The standard InChI is InChI=1S/C14H16BrFN2O/c1-3-18-12(14(15)9(2)17-18)8-13(19)10-5-4-6-11(16)7-10/h4-7,13,19H,3,8H2,1-2H3. The maximum Gasteiger partial charge on any atom is 0.123 e. The molecule has 0 saturated heterocycles. The number of aromatic nitrogens is 2. The van der Waals surface area contributed by atoms with Crippen molar-refractivity contribution in [1.29, 1.82) is 0 Å². The Hall–Kier alpha value is -1.20. The zero-order valence-corrected chi connectivity index (χ0v) is 12.5. The van der Waals surface area contributed by atoms with Crippen molar-refractivity contribution in [2.24, 2.45) is 0 Å². The molecule has 5 heteroatoms. The molecule has 3 nitrogen and oxygen atoms in total. The summed E-state index contributed by atoms with van der Waals surface area (Å²) in [6, 6.07) is 6.05. The Balaban J connectivity index is 2.26. The molecule has 1 N–H and O–H groups in total. The second-order valence-electron chi connectivity index (χ2n) is 4.44. The van der Waals surface area contributed by atoms with Crippen LogP contribution in [0, 0.1) is 12.7 Å². The Morgan fingerprint density at radius 2 is 2.21 bits per heavy atom. The first-order chi connectivity index (χ1) is 9.02. The molecule has 1 unspecified atom stereocenters. The Morgan fingerprint density at radius 1 is 1.47 bits per heavy atom. The average Bonchev–Trinajstić information content (AvgIpc) is 2.66. The van der Waals surface area contributed by atoms with Crippen molar-refractivity contribution in [3.63, 3.8) is 0 Å². The fraction of sp³-hybridized carbons (Fsp3) is 0.357. The Kier molecular flexibility index (Phi) is 4.37. The maximum absolute atomic E-state index is 13.2. The lowest BCUT2D eigenvalue weighted by Crippen LogP contribution is -2.09. The monoisotopic (exact) mass is 326 g/mol. The van der Waals surface area contributed by atoms with Crippen LogP contribution in [-0.2, 0) is 13.0 Å². The van der Waals surface area contributed by atoms with Crippen molar-refractivity contribution in [2.45, 2.75) is 32.9 Å². The first-order valence-electron chi connectivity index (χ1n) is 6.18. The first kappa shape index (κ1) is 14.2. The highest BCUT2D eigenvalue weighted by molar-refractivity contribution is 9.10. The number of hydrogen-bond donors (Lipinski definition) is 1. The summed E-state index contributed by atoms with van der Waals surface area (Å²) in [5, 5.41) is 14.6. The summed E-state index contributed by atoms with van der Waals surface area (Å²) in [5.41, 5.74) is 2.40. The fourth-order valence-electron chi connectivity index (χ4n) is 2.08. The SMILES string of the molecule is CCn1nc(C)c(Br)c1CC(O)c1cccc(F)c1. The Morgan fingerprint density at radius 3 is 2.84 bits per heavy atom. The van der Waals surface area contributed by atoms with E-state index < -0.39 is 6.10 Å². The summed E-state index contributed by atoms with van der Waals surface area (Å²) in [6.07, 6.45) is -0.341. The van der Waals surface area contributed by atoms with Crippen LogP contribution < -0.4 is 0 Å². The highest BCUT2D eigenvalue weighted by Crippen LogP contribution is 2.26. The van der Waals surface area contributed by atoms with Crippen molar-refractivity contribution >= 4 is 15.9 Å². The molecule has 1 atom stereocenters. The molecule has 102 valence electrons. The van der Waals surface area contributed by atoms with Gasteiger partial charge in [0, 0.05) is 13.0 Å². The van der Waals surface area contributed by atoms with E-state index in [1.54, 1.807) is 12.1 Å². The predicted octanol–water partition coefficient (Wildman–Crippen LogP) is 3.39. The second-order valence-corrected chi connectivity index (χ2v) is 5.23. The Bertz CT molecular complexity index is 583. The molecule has 0 radical (unpaired) electrons. The number of aliphatic hydroxyl groups is 1. The normalized spacial score (nSPS) is 12.7. The molecule has 0 aliphatic carbocycles. The van der Waals surface area contributed by atoms with Crippen LogP contribution in [-0.4, -0.2) is 14.9 Å². The summed E-state index contributed by atoms with van der Waals surface area (Å²) in [5.74, 6) is -0.337. The van der Waals surface area contributed by atoms with Crippen molar-refractivity contribution in [2.75, 3.05) is 0 Å². The average molecular weight is 327 g/mol. The van der Waals surface area contributed by atoms with E-state index in [1.165, 1.54) is 12.1 Å². The van der Waals surface area contributed by atoms with Crippen LogP contribution in [0.25, 0.3) is 0 Å². The van der Waals surface area contributed by atoms with E-state index >= 15 is 0 Å². The summed E-state index contributed by atoms with van der Waals surface area (Å²) in [6.45, 7) is 4.64. The smallest absolute Gasteiger partial charge is 0.123 e. The molecule has 2 aromatic rings. The third kappa shape index (κ3) is 3.04. The predicted molar refractivity (Wildman–Crippen MR) is 75.4 cm³/mol. The summed E-state index contributed by atoms with van der Waals surface area (Å²) < 4.78 is 15.9. The van der Waals surface area contributed by atoms with Gasteiger partial charge in [-0.3, -0.25) is 4.68 Å². The van der Waals surface area contributed by atoms with E-state index in [9.17, 15) is 9.50 Å². The van der Waals surface area contributed by atoms with Crippen LogP contribution in [0.15, 0.2) is 28.7 Å². The van der Waals surface area contributed by atoms with Gasteiger partial charge in [0.15, 0.2) is 0 Å². The molecular formula is C14H16BrFN2O. The minimum absolute atomic E-state index is 0.337. The van der Waals surface area contributed by atoms with E-state index in [0.717, 1.165) is 22.4 Å². The van der Waals surface area contributed by atoms with Crippen molar-refractivity contribution < 1.29 is 9.50 Å². The van der Waals surface area contributed by atoms with E-state index in [2.05, 4.69) is 21.0 Å². The molecule has 0 amide bonds. The lowest BCUT2D eigenvalue weighted by Gasteiger charge is -2.12. The summed E-state index contributed by atoms with van der Waals surface area (Å²) in [7, 11) is 0. The molecular weight excluding hydrogens is 311 g/mol. The molecule has 1 aromatic heterocycles. The van der Waals surface area contributed by atoms with Gasteiger partial charge in [-0.25, -0.2) is 4.39 Å². The molecule has 0 bridgehead atoms. The third-order valence-corrected chi connectivity index (χ3v) is 4.10. The number of benzene rings is 1. The summed E-state index contributed by atoms with van der Waals surface area (Å²) in [4.78, 5) is 0. The lowest BCUT2D eigenvalue weighted by molar-refractivity contribution is 0.174. The van der Waals surface area contributed by atoms with Gasteiger partial charge in [0.1, 0.15) is 5.82 Å². The molecule has 1 aromatic carbocycles. The molecule has 2 rings (SSSR count). The highest BCUT2D eigenvalue weighted by atomic mass is 79.9. The number of nitrogens with zero attached hydrogens (tertiary/aromatic N) is 2. The van der Waals surface area contributed by atoms with Gasteiger partial charge in [-0.05, 0) is 47.5 Å². The van der Waals surface area contributed by atoms with E-state index in [0.29, 0.717) is 12.0 Å². The van der Waals surface area contributed by atoms with Crippen LogP contribution in [0.3, 0.4) is 0 Å². The minimum atomic E-state index is -0.742. The molecule has 19 heavy (non-hydrogen) atoms. The van der Waals surface area contributed by atoms with Gasteiger partial charge in [-0.2, -0.15) is 5.10 Å². The first-order valence-corrected chi connectivity index (χ1v) is 6.97. The number of aliphatic hydroxyl groups excluding tert-OH is 1. The molecule has 0 aliphatic heterocycles. The van der Waals surface area contributed by atoms with Gasteiger partial charge < -0.3 is 5.11 Å². The fourth-order valence-corrected chi connectivity index (χ4v) is 2.52. The van der Waals surface area contributed by atoms with Crippen molar-refractivity contribution in [3.05, 3.63) is 51.5 Å². The Labute approximate surface area is 120 Å². The number of halogens is 2. The topological polar surface area (TPSA) is 38.0 Å². The lowest BCUT2D eigenvalue weighted by atomic mass is 10.0. The second kappa shape index (κ2) is 5.84. The molecule has 0 fully saturated rings. The third-order valence-electron chi connectivity index (χ3n) is 3.07. The zero-order chi connectivity index (χ0) is 14.0. The van der Waals surface area contributed by atoms with Crippen LogP contribution in [0.4, 0.5) is 4.39 Å². The van der Waals surface area contributed by atoms with Crippen molar-refractivity contribution in [3.8, 4) is 0 Å². The van der Waals surface area contributed by atoms with Crippen LogP contribution in [0.1, 0.15) is 30.0 Å². The van der Waals surface area contributed by atoms with Crippen molar-refractivity contribution in [1.82, 2.24) is 9.78 Å². The van der Waals surface area contributed by atoms with Crippen LogP contribution in [0.2, 0.25) is 0 Å². The van der Waals surface area contributed by atoms with E-state index in [4.69, 9.17) is 0 Å². The largest absolute Gasteiger partial charge is 0.388 e. The summed E-state index contributed by atoms with van der Waals surface area (Å²) >= 11 is 3.49. The zero-order valence-electron chi connectivity index (χ0n) is 10.9. The van der Waals surface area contributed by atoms with Gasteiger partial charge in [0.25, 0.3) is 0 Å². The number of hydrogen-bond acceptors (Lipinski definition) is 2. The minimum Gasteiger partial charge on any atom is -0.388 e. The molecule has 0 saturated carbocycles. The van der Waals surface area contributed by atoms with Gasteiger partial charge in [-0.1, -0.05) is 12.1 Å². The van der Waals surface area contributed by atoms with E-state index in [1.807, 2.05) is 18.5 Å². The van der Waals surface area contributed by atoms with Gasteiger partial charge >= 0.3 is 0 Å². The van der Waals surface area contributed by atoms with Crippen LogP contribution >= 0.6 is 15.9 Å². The maximum atomic E-state index is 13.2. The van der Waals surface area contributed by atoms with Crippen LogP contribution in [0.5, 0.6) is 0 Å². The molecule has 1 heterocycles. The number of aryl methyl sites for hydroxylation is 2. The molecule has 0 spiro atoms.